The molecule has 1 aromatic rings. The first-order chi connectivity index (χ1) is 7.63. The predicted octanol–water partition coefficient (Wildman–Crippen LogP) is 0.692. The molecule has 0 bridgehead atoms. The molecule has 1 rings (SSSR count). The summed E-state index contributed by atoms with van der Waals surface area (Å²) in [5.74, 6) is -1.34. The highest BCUT2D eigenvalue weighted by molar-refractivity contribution is 14.1. The van der Waals surface area contributed by atoms with Crippen LogP contribution in [0.25, 0.3) is 0 Å². The number of anilines is 1. The molecule has 1 amide bonds. The molecule has 0 fully saturated rings. The zero-order valence-corrected chi connectivity index (χ0v) is 10.6. The van der Waals surface area contributed by atoms with E-state index in [1.54, 1.807) is 25.3 Å². The number of nitrogens with zero attached hydrogens (tertiary/aromatic N) is 1. The number of aromatic nitrogens is 1. The van der Waals surface area contributed by atoms with E-state index in [0.717, 1.165) is 3.57 Å². The molecule has 1 heterocycles. The van der Waals surface area contributed by atoms with Crippen LogP contribution in [-0.4, -0.2) is 23.5 Å². The number of carbonyl (C=O) groups excluding carboxylic acids is 2. The van der Waals surface area contributed by atoms with Gasteiger partial charge in [-0.1, -0.05) is 0 Å². The third-order valence-corrected chi connectivity index (χ3v) is 2.16. The van der Waals surface area contributed by atoms with Crippen molar-refractivity contribution in [3.8, 4) is 0 Å². The number of hydrogen-bond acceptors (Lipinski definition) is 5. The molecule has 0 aliphatic rings. The molecule has 1 aromatic heterocycles. The van der Waals surface area contributed by atoms with Crippen LogP contribution in [0.1, 0.15) is 6.92 Å². The van der Waals surface area contributed by atoms with Crippen LogP contribution in [0.15, 0.2) is 18.3 Å². The Morgan fingerprint density at radius 2 is 2.31 bits per heavy atom. The number of nitrogens with one attached hydrogen (secondary N) is 2. The zero-order chi connectivity index (χ0) is 12.0. The van der Waals surface area contributed by atoms with Crippen LogP contribution in [0.4, 0.5) is 5.82 Å². The highest BCUT2D eigenvalue weighted by atomic mass is 127. The van der Waals surface area contributed by atoms with Crippen molar-refractivity contribution in [2.75, 3.05) is 12.0 Å². The number of amides is 1. The Morgan fingerprint density at radius 1 is 1.56 bits per heavy atom. The van der Waals surface area contributed by atoms with Gasteiger partial charge in [0.15, 0.2) is 0 Å². The molecule has 0 saturated carbocycles. The van der Waals surface area contributed by atoms with Crippen LogP contribution >= 0.6 is 22.6 Å². The Hall–Kier alpha value is -1.38. The summed E-state index contributed by atoms with van der Waals surface area (Å²) in [4.78, 5) is 26.0. The summed E-state index contributed by atoms with van der Waals surface area (Å²) in [5.41, 5.74) is 4.69. The lowest BCUT2D eigenvalue weighted by Crippen LogP contribution is -2.36. The maximum absolute atomic E-state index is 11.1. The molecule has 0 atom stereocenters. The molecular formula is C9H10IN3O3. The van der Waals surface area contributed by atoms with Gasteiger partial charge in [0.1, 0.15) is 5.82 Å². The van der Waals surface area contributed by atoms with E-state index >= 15 is 0 Å². The second-order valence-corrected chi connectivity index (χ2v) is 3.90. The largest absolute Gasteiger partial charge is 0.459 e. The molecule has 7 heteroatoms. The van der Waals surface area contributed by atoms with Crippen molar-refractivity contribution in [3.05, 3.63) is 21.9 Å². The van der Waals surface area contributed by atoms with Crippen LogP contribution < -0.4 is 10.9 Å². The average Bonchev–Trinajstić information content (AvgIpc) is 2.26. The Bertz CT molecular complexity index is 397. The molecule has 16 heavy (non-hydrogen) atoms. The number of halogens is 1. The molecule has 2 N–H and O–H groups in total. The summed E-state index contributed by atoms with van der Waals surface area (Å²) in [6.45, 7) is 1.79. The normalized spacial score (nSPS) is 9.38. The van der Waals surface area contributed by atoms with Crippen molar-refractivity contribution < 1.29 is 14.3 Å². The highest BCUT2D eigenvalue weighted by Crippen LogP contribution is 2.07. The molecule has 0 saturated heterocycles. The van der Waals surface area contributed by atoms with Crippen LogP contribution in [0.2, 0.25) is 0 Å². The van der Waals surface area contributed by atoms with Crippen molar-refractivity contribution >= 4 is 40.3 Å². The molecular weight excluding hydrogens is 325 g/mol. The number of carbonyl (C=O) groups is 2. The highest BCUT2D eigenvalue weighted by Gasteiger charge is 2.13. The minimum absolute atomic E-state index is 0.160. The quantitative estimate of drug-likeness (QED) is 0.368. The van der Waals surface area contributed by atoms with Gasteiger partial charge in [-0.05, 0) is 41.6 Å². The van der Waals surface area contributed by atoms with Crippen molar-refractivity contribution in [1.29, 1.82) is 0 Å². The SMILES string of the molecule is CCOC(=O)C(=O)NNc1cc(I)ccn1. The van der Waals surface area contributed by atoms with Crippen molar-refractivity contribution in [2.24, 2.45) is 0 Å². The first-order valence-corrected chi connectivity index (χ1v) is 5.56. The lowest BCUT2D eigenvalue weighted by atomic mass is 10.5. The standard InChI is InChI=1S/C9H10IN3O3/c1-2-16-9(15)8(14)13-12-7-5-6(10)3-4-11-7/h3-5H,2H2,1H3,(H,11,12)(H,13,14). The van der Waals surface area contributed by atoms with E-state index in [0.29, 0.717) is 5.82 Å². The van der Waals surface area contributed by atoms with Gasteiger partial charge in [-0.25, -0.2) is 9.78 Å². The van der Waals surface area contributed by atoms with E-state index in [2.05, 4.69) is 43.2 Å². The summed E-state index contributed by atoms with van der Waals surface area (Å²) in [6.07, 6.45) is 1.58. The zero-order valence-electron chi connectivity index (χ0n) is 8.49. The van der Waals surface area contributed by atoms with Crippen LogP contribution in [-0.2, 0) is 14.3 Å². The van der Waals surface area contributed by atoms with Crippen molar-refractivity contribution in [3.63, 3.8) is 0 Å². The van der Waals surface area contributed by atoms with E-state index in [-0.39, 0.29) is 6.61 Å². The molecule has 0 unspecified atom stereocenters. The van der Waals surface area contributed by atoms with E-state index in [1.807, 2.05) is 0 Å². The fourth-order valence-electron chi connectivity index (χ4n) is 0.842. The minimum atomic E-state index is -0.930. The number of esters is 1. The summed E-state index contributed by atoms with van der Waals surface area (Å²) >= 11 is 2.10. The number of rotatable bonds is 3. The molecule has 6 nitrogen and oxygen atoms in total. The monoisotopic (exact) mass is 335 g/mol. The number of pyridine rings is 1. The molecule has 0 aliphatic heterocycles. The van der Waals surface area contributed by atoms with Gasteiger partial charge < -0.3 is 4.74 Å². The Balaban J connectivity index is 2.46. The summed E-state index contributed by atoms with van der Waals surface area (Å²) in [7, 11) is 0. The Kier molecular flexibility index (Phi) is 4.96. The average molecular weight is 335 g/mol. The van der Waals surface area contributed by atoms with Gasteiger partial charge in [-0.3, -0.25) is 15.6 Å². The molecule has 86 valence electrons. The Labute approximate surface area is 106 Å². The van der Waals surface area contributed by atoms with Gasteiger partial charge >= 0.3 is 11.9 Å². The van der Waals surface area contributed by atoms with Gasteiger partial charge in [0, 0.05) is 9.77 Å². The van der Waals surface area contributed by atoms with Crippen LogP contribution in [0.5, 0.6) is 0 Å². The number of hydrogen-bond donors (Lipinski definition) is 2. The van der Waals surface area contributed by atoms with Crippen LogP contribution in [0, 0.1) is 3.57 Å². The topological polar surface area (TPSA) is 80.3 Å². The lowest BCUT2D eigenvalue weighted by molar-refractivity contribution is -0.154. The van der Waals surface area contributed by atoms with Gasteiger partial charge in [-0.2, -0.15) is 0 Å². The van der Waals surface area contributed by atoms with Gasteiger partial charge in [0.25, 0.3) is 0 Å². The Morgan fingerprint density at radius 3 is 2.94 bits per heavy atom. The third kappa shape index (κ3) is 4.01. The molecule has 0 aromatic carbocycles. The predicted molar refractivity (Wildman–Crippen MR) is 65.4 cm³/mol. The first kappa shape index (κ1) is 12.7. The third-order valence-electron chi connectivity index (χ3n) is 1.49. The van der Waals surface area contributed by atoms with E-state index in [4.69, 9.17) is 0 Å². The minimum Gasteiger partial charge on any atom is -0.459 e. The number of hydrazine groups is 1. The molecule has 0 radical (unpaired) electrons. The van der Waals surface area contributed by atoms with Gasteiger partial charge in [0.05, 0.1) is 6.61 Å². The van der Waals surface area contributed by atoms with E-state index in [1.165, 1.54) is 0 Å². The fraction of sp³-hybridized carbons (Fsp3) is 0.222. The van der Waals surface area contributed by atoms with E-state index in [9.17, 15) is 9.59 Å². The second kappa shape index (κ2) is 6.26. The first-order valence-electron chi connectivity index (χ1n) is 4.48. The summed E-state index contributed by atoms with van der Waals surface area (Å²) < 4.78 is 5.46. The van der Waals surface area contributed by atoms with Crippen molar-refractivity contribution in [2.45, 2.75) is 6.92 Å². The van der Waals surface area contributed by atoms with Crippen LogP contribution in [0.3, 0.4) is 0 Å². The number of ether oxygens (including phenoxy) is 1. The smallest absolute Gasteiger partial charge is 0.398 e. The second-order valence-electron chi connectivity index (χ2n) is 2.66. The maximum atomic E-state index is 11.1. The molecule has 0 spiro atoms. The molecule has 0 aliphatic carbocycles. The summed E-state index contributed by atoms with van der Waals surface area (Å²) in [5, 5.41) is 0. The lowest BCUT2D eigenvalue weighted by Gasteiger charge is -2.06. The van der Waals surface area contributed by atoms with Gasteiger partial charge in [-0.15, -0.1) is 0 Å². The maximum Gasteiger partial charge on any atom is 0.398 e. The van der Waals surface area contributed by atoms with E-state index < -0.39 is 11.9 Å². The van der Waals surface area contributed by atoms with Crippen molar-refractivity contribution in [1.82, 2.24) is 10.4 Å². The summed E-state index contributed by atoms with van der Waals surface area (Å²) in [6, 6.07) is 3.52. The van der Waals surface area contributed by atoms with Gasteiger partial charge in [0.2, 0.25) is 0 Å². The fourth-order valence-corrected chi connectivity index (χ4v) is 1.30.